The molecule has 4 rings (SSSR count). The predicted molar refractivity (Wildman–Crippen MR) is 117 cm³/mol. The lowest BCUT2D eigenvalue weighted by atomic mass is 10.2. The fourth-order valence-corrected chi connectivity index (χ4v) is 3.04. The SMILES string of the molecule is Cc1ccc(OCCN(C)C(=O)Cn2cc(NC(=O)C3Oc4ccccc4O3)cn2)cc1. The van der Waals surface area contributed by atoms with Gasteiger partial charge in [-0.25, -0.2) is 0 Å². The fourth-order valence-electron chi connectivity index (χ4n) is 3.04. The van der Waals surface area contributed by atoms with Gasteiger partial charge in [-0.2, -0.15) is 5.10 Å². The Hall–Kier alpha value is -4.01. The van der Waals surface area contributed by atoms with Gasteiger partial charge in [-0.15, -0.1) is 0 Å². The molecule has 0 radical (unpaired) electrons. The highest BCUT2D eigenvalue weighted by molar-refractivity contribution is 5.94. The van der Waals surface area contributed by atoms with Crippen LogP contribution in [0.15, 0.2) is 60.9 Å². The van der Waals surface area contributed by atoms with Crippen molar-refractivity contribution in [1.82, 2.24) is 14.7 Å². The Labute approximate surface area is 185 Å². The molecule has 166 valence electrons. The minimum absolute atomic E-state index is 0.0404. The lowest BCUT2D eigenvalue weighted by Gasteiger charge is -2.17. The standard InChI is InChI=1S/C23H24N4O5/c1-16-7-9-18(10-8-16)30-12-11-26(2)21(28)15-27-14-17(13-24-27)25-22(29)23-31-19-5-3-4-6-20(19)32-23/h3-10,13-14,23H,11-12,15H2,1-2H3,(H,25,29). The largest absolute Gasteiger partial charge is 0.492 e. The van der Waals surface area contributed by atoms with Crippen molar-refractivity contribution < 1.29 is 23.8 Å². The predicted octanol–water partition coefficient (Wildman–Crippen LogP) is 2.46. The number of fused-ring (bicyclic) bond motifs is 1. The highest BCUT2D eigenvalue weighted by atomic mass is 16.7. The second kappa shape index (κ2) is 9.42. The summed E-state index contributed by atoms with van der Waals surface area (Å²) in [5.74, 6) is 1.21. The number of ether oxygens (including phenoxy) is 3. The van der Waals surface area contributed by atoms with Crippen LogP contribution in [0.1, 0.15) is 5.56 Å². The van der Waals surface area contributed by atoms with E-state index >= 15 is 0 Å². The highest BCUT2D eigenvalue weighted by Crippen LogP contribution is 2.34. The van der Waals surface area contributed by atoms with Gasteiger partial charge in [0.05, 0.1) is 18.4 Å². The Morgan fingerprint density at radius 2 is 1.81 bits per heavy atom. The first kappa shape index (κ1) is 21.2. The zero-order chi connectivity index (χ0) is 22.5. The normalized spacial score (nSPS) is 12.4. The van der Waals surface area contributed by atoms with Crippen molar-refractivity contribution in [3.05, 3.63) is 66.5 Å². The Morgan fingerprint density at radius 3 is 2.50 bits per heavy atom. The number of anilines is 1. The number of benzene rings is 2. The van der Waals surface area contributed by atoms with E-state index in [1.807, 2.05) is 31.2 Å². The Balaban J connectivity index is 1.22. The van der Waals surface area contributed by atoms with Crippen LogP contribution in [0.2, 0.25) is 0 Å². The molecule has 9 nitrogen and oxygen atoms in total. The van der Waals surface area contributed by atoms with Gasteiger partial charge in [0.1, 0.15) is 18.9 Å². The molecule has 32 heavy (non-hydrogen) atoms. The van der Waals surface area contributed by atoms with Gasteiger partial charge in [0.25, 0.3) is 0 Å². The third-order valence-corrected chi connectivity index (χ3v) is 4.87. The topological polar surface area (TPSA) is 94.9 Å². The van der Waals surface area contributed by atoms with Crippen molar-refractivity contribution in [1.29, 1.82) is 0 Å². The number of nitrogens with zero attached hydrogens (tertiary/aromatic N) is 3. The van der Waals surface area contributed by atoms with Crippen molar-refractivity contribution in [2.45, 2.75) is 19.8 Å². The van der Waals surface area contributed by atoms with E-state index in [0.717, 1.165) is 11.3 Å². The van der Waals surface area contributed by atoms with Gasteiger partial charge in [-0.1, -0.05) is 29.8 Å². The molecule has 1 N–H and O–H groups in total. The van der Waals surface area contributed by atoms with Crippen molar-refractivity contribution in [2.24, 2.45) is 0 Å². The van der Waals surface area contributed by atoms with E-state index in [0.29, 0.717) is 30.3 Å². The molecule has 2 amide bonds. The van der Waals surface area contributed by atoms with Crippen LogP contribution in [-0.4, -0.2) is 53.0 Å². The van der Waals surface area contributed by atoms with Gasteiger partial charge in [0.2, 0.25) is 5.91 Å². The Kier molecular flexibility index (Phi) is 6.25. The van der Waals surface area contributed by atoms with E-state index in [1.165, 1.54) is 10.9 Å². The maximum atomic E-state index is 12.4. The summed E-state index contributed by atoms with van der Waals surface area (Å²) < 4.78 is 18.1. The minimum atomic E-state index is -1.07. The van der Waals surface area contributed by atoms with Crippen LogP contribution >= 0.6 is 0 Å². The molecule has 0 atom stereocenters. The first-order valence-corrected chi connectivity index (χ1v) is 10.2. The van der Waals surface area contributed by atoms with E-state index < -0.39 is 12.2 Å². The van der Waals surface area contributed by atoms with Crippen LogP contribution in [0, 0.1) is 6.92 Å². The van der Waals surface area contributed by atoms with E-state index in [1.54, 1.807) is 42.4 Å². The number of hydrogen-bond donors (Lipinski definition) is 1. The number of rotatable bonds is 8. The zero-order valence-electron chi connectivity index (χ0n) is 17.9. The Bertz CT molecular complexity index is 1070. The van der Waals surface area contributed by atoms with Crippen LogP contribution in [0.25, 0.3) is 0 Å². The maximum absolute atomic E-state index is 12.4. The maximum Gasteiger partial charge on any atom is 0.322 e. The van der Waals surface area contributed by atoms with Gasteiger partial charge in [-0.05, 0) is 31.2 Å². The summed E-state index contributed by atoms with van der Waals surface area (Å²) >= 11 is 0. The molecule has 1 aliphatic heterocycles. The summed E-state index contributed by atoms with van der Waals surface area (Å²) in [4.78, 5) is 26.4. The van der Waals surface area contributed by atoms with Crippen molar-refractivity contribution in [3.8, 4) is 17.2 Å². The third-order valence-electron chi connectivity index (χ3n) is 4.87. The van der Waals surface area contributed by atoms with Crippen LogP contribution in [-0.2, 0) is 16.1 Å². The molecule has 0 aliphatic carbocycles. The smallest absolute Gasteiger partial charge is 0.322 e. The number of hydrogen-bond acceptors (Lipinski definition) is 6. The number of carbonyl (C=O) groups is 2. The molecule has 3 aromatic rings. The van der Waals surface area contributed by atoms with Crippen LogP contribution in [0.5, 0.6) is 17.2 Å². The minimum Gasteiger partial charge on any atom is -0.492 e. The molecule has 2 heterocycles. The molecule has 1 aliphatic rings. The van der Waals surface area contributed by atoms with E-state index in [2.05, 4.69) is 10.4 Å². The molecule has 0 spiro atoms. The lowest BCUT2D eigenvalue weighted by molar-refractivity contribution is -0.131. The number of para-hydroxylation sites is 2. The molecule has 0 bridgehead atoms. The van der Waals surface area contributed by atoms with E-state index in [9.17, 15) is 9.59 Å². The van der Waals surface area contributed by atoms with E-state index in [4.69, 9.17) is 14.2 Å². The molecule has 2 aromatic carbocycles. The van der Waals surface area contributed by atoms with Gasteiger partial charge < -0.3 is 24.4 Å². The summed E-state index contributed by atoms with van der Waals surface area (Å²) in [6, 6.07) is 14.8. The first-order chi connectivity index (χ1) is 15.5. The monoisotopic (exact) mass is 436 g/mol. The number of amides is 2. The average Bonchev–Trinajstić information content (AvgIpc) is 3.41. The third kappa shape index (κ3) is 5.18. The summed E-state index contributed by atoms with van der Waals surface area (Å²) in [6.07, 6.45) is 1.97. The molecule has 1 aromatic heterocycles. The quantitative estimate of drug-likeness (QED) is 0.583. The average molecular weight is 436 g/mol. The summed E-state index contributed by atoms with van der Waals surface area (Å²) in [5.41, 5.74) is 1.60. The van der Waals surface area contributed by atoms with Gasteiger partial charge in [0.15, 0.2) is 11.5 Å². The number of carbonyl (C=O) groups excluding carboxylic acids is 2. The second-order valence-corrected chi connectivity index (χ2v) is 7.41. The molecule has 0 unspecified atom stereocenters. The molecule has 9 heteroatoms. The summed E-state index contributed by atoms with van der Waals surface area (Å²) in [5, 5.41) is 6.82. The number of aryl methyl sites for hydroxylation is 1. The molecule has 0 saturated carbocycles. The van der Waals surface area contributed by atoms with Crippen molar-refractivity contribution in [3.63, 3.8) is 0 Å². The fraction of sp³-hybridized carbons (Fsp3) is 0.261. The number of likely N-dealkylation sites (N-methyl/N-ethyl adjacent to an activating group) is 1. The number of nitrogens with one attached hydrogen (secondary N) is 1. The van der Waals surface area contributed by atoms with Gasteiger partial charge in [0, 0.05) is 13.2 Å². The molecular formula is C23H24N4O5. The first-order valence-electron chi connectivity index (χ1n) is 10.2. The van der Waals surface area contributed by atoms with Crippen LogP contribution in [0.3, 0.4) is 0 Å². The lowest BCUT2D eigenvalue weighted by Crippen LogP contribution is -2.34. The summed E-state index contributed by atoms with van der Waals surface area (Å²) in [6.45, 7) is 2.88. The summed E-state index contributed by atoms with van der Waals surface area (Å²) in [7, 11) is 1.71. The molecule has 0 saturated heterocycles. The second-order valence-electron chi connectivity index (χ2n) is 7.41. The zero-order valence-corrected chi connectivity index (χ0v) is 17.9. The molecule has 0 fully saturated rings. The number of aromatic nitrogens is 2. The van der Waals surface area contributed by atoms with Gasteiger partial charge >= 0.3 is 12.2 Å². The highest BCUT2D eigenvalue weighted by Gasteiger charge is 2.30. The molecular weight excluding hydrogens is 412 g/mol. The van der Waals surface area contributed by atoms with Crippen molar-refractivity contribution in [2.75, 3.05) is 25.5 Å². The van der Waals surface area contributed by atoms with Crippen LogP contribution in [0.4, 0.5) is 5.69 Å². The van der Waals surface area contributed by atoms with Crippen LogP contribution < -0.4 is 19.5 Å². The van der Waals surface area contributed by atoms with E-state index in [-0.39, 0.29) is 12.5 Å². The van der Waals surface area contributed by atoms with Crippen molar-refractivity contribution >= 4 is 17.5 Å². The van der Waals surface area contributed by atoms with Gasteiger partial charge in [-0.3, -0.25) is 14.3 Å². The Morgan fingerprint density at radius 1 is 1.12 bits per heavy atom.